The highest BCUT2D eigenvalue weighted by Gasteiger charge is 2.29. The Bertz CT molecular complexity index is 66.1. The van der Waals surface area contributed by atoms with E-state index in [1.54, 1.807) is 0 Å². The first-order chi connectivity index (χ1) is 3.45. The Morgan fingerprint density at radius 3 is 2.86 bits per heavy atom. The Morgan fingerprint density at radius 2 is 2.71 bits per heavy atom. The van der Waals surface area contributed by atoms with Crippen LogP contribution in [-0.4, -0.2) is 17.4 Å². The zero-order valence-corrected chi connectivity index (χ0v) is 4.95. The fourth-order valence-corrected chi connectivity index (χ4v) is 2.19. The maximum atomic E-state index is 2.42. The van der Waals surface area contributed by atoms with Gasteiger partial charge in [0.1, 0.15) is 0 Å². The van der Waals surface area contributed by atoms with Crippen LogP contribution in [0.3, 0.4) is 0 Å². The van der Waals surface area contributed by atoms with E-state index < -0.39 is 0 Å². The first kappa shape index (κ1) is 4.21. The number of fused-ring (bicyclic) bond motifs is 2. The molecule has 39 valence electrons. The standard InChI is InChI=1S/C5H8NS/c1-2-6-3-5(1)4-7-6/h4-5H,1-3H2. The molecular formula is C5H8NS. The quantitative estimate of drug-likeness (QED) is 0.434. The summed E-state index contributed by atoms with van der Waals surface area (Å²) < 4.78 is 2.42. The van der Waals surface area contributed by atoms with Crippen LogP contribution < -0.4 is 0 Å². The van der Waals surface area contributed by atoms with Gasteiger partial charge in [0.15, 0.2) is 0 Å². The molecule has 0 aromatic heterocycles. The highest BCUT2D eigenvalue weighted by Crippen LogP contribution is 2.37. The first-order valence-corrected chi connectivity index (χ1v) is 3.54. The average Bonchev–Trinajstić information content (AvgIpc) is 2.22. The zero-order valence-electron chi connectivity index (χ0n) is 4.13. The van der Waals surface area contributed by atoms with Crippen LogP contribution in [0.25, 0.3) is 0 Å². The van der Waals surface area contributed by atoms with Gasteiger partial charge >= 0.3 is 0 Å². The molecule has 0 amide bonds. The van der Waals surface area contributed by atoms with Crippen molar-refractivity contribution >= 4 is 11.9 Å². The second kappa shape index (κ2) is 1.39. The molecule has 2 fully saturated rings. The Kier molecular flexibility index (Phi) is 0.837. The highest BCUT2D eigenvalue weighted by molar-refractivity contribution is 7.99. The molecule has 2 saturated heterocycles. The molecule has 7 heavy (non-hydrogen) atoms. The lowest BCUT2D eigenvalue weighted by molar-refractivity contribution is 0.591. The van der Waals surface area contributed by atoms with Gasteiger partial charge < -0.3 is 0 Å². The van der Waals surface area contributed by atoms with Crippen molar-refractivity contribution in [3.63, 3.8) is 0 Å². The average molecular weight is 114 g/mol. The highest BCUT2D eigenvalue weighted by atomic mass is 32.2. The summed E-state index contributed by atoms with van der Waals surface area (Å²) in [7, 11) is 0. The molecule has 2 rings (SSSR count). The van der Waals surface area contributed by atoms with Gasteiger partial charge in [0.2, 0.25) is 0 Å². The van der Waals surface area contributed by atoms with Crippen molar-refractivity contribution < 1.29 is 0 Å². The minimum Gasteiger partial charge on any atom is -0.250 e. The lowest BCUT2D eigenvalue weighted by atomic mass is 10.2. The van der Waals surface area contributed by atoms with Gasteiger partial charge in [-0.05, 0) is 12.3 Å². The predicted octanol–water partition coefficient (Wildman–Crippen LogP) is 1.13. The van der Waals surface area contributed by atoms with Crippen molar-refractivity contribution in [3.05, 3.63) is 5.75 Å². The topological polar surface area (TPSA) is 3.24 Å². The third kappa shape index (κ3) is 0.572. The van der Waals surface area contributed by atoms with Gasteiger partial charge in [0, 0.05) is 18.8 Å². The Morgan fingerprint density at radius 1 is 1.71 bits per heavy atom. The largest absolute Gasteiger partial charge is 0.250 e. The lowest BCUT2D eigenvalue weighted by Gasteiger charge is -2.07. The number of hydrogen-bond acceptors (Lipinski definition) is 2. The molecule has 0 aliphatic carbocycles. The molecule has 2 atom stereocenters. The SMILES string of the molecule is [CH]1SN2CCC1C2. The molecule has 2 heteroatoms. The summed E-state index contributed by atoms with van der Waals surface area (Å²) in [6, 6.07) is 0. The number of hydrogen-bond donors (Lipinski definition) is 0. The Hall–Kier alpha value is 0.310. The maximum Gasteiger partial charge on any atom is 0.0371 e. The van der Waals surface area contributed by atoms with E-state index in [4.69, 9.17) is 0 Å². The number of nitrogens with zero attached hydrogens (tertiary/aromatic N) is 1. The van der Waals surface area contributed by atoms with Gasteiger partial charge in [-0.1, -0.05) is 11.9 Å². The molecule has 0 N–H and O–H groups in total. The van der Waals surface area contributed by atoms with Crippen LogP contribution in [0.5, 0.6) is 0 Å². The van der Waals surface area contributed by atoms with Gasteiger partial charge in [-0.15, -0.1) is 0 Å². The summed E-state index contributed by atoms with van der Waals surface area (Å²) >= 11 is 1.90. The summed E-state index contributed by atoms with van der Waals surface area (Å²) in [6.45, 7) is 2.65. The van der Waals surface area contributed by atoms with Crippen molar-refractivity contribution in [3.8, 4) is 0 Å². The van der Waals surface area contributed by atoms with Crippen LogP contribution >= 0.6 is 11.9 Å². The van der Waals surface area contributed by atoms with Crippen molar-refractivity contribution in [2.24, 2.45) is 5.92 Å². The van der Waals surface area contributed by atoms with Crippen molar-refractivity contribution in [1.29, 1.82) is 0 Å². The Labute approximate surface area is 48.2 Å². The van der Waals surface area contributed by atoms with Crippen molar-refractivity contribution in [1.82, 2.24) is 4.31 Å². The van der Waals surface area contributed by atoms with Crippen LogP contribution in [0.15, 0.2) is 0 Å². The second-order valence-electron chi connectivity index (χ2n) is 2.18. The third-order valence-electron chi connectivity index (χ3n) is 1.59. The number of rotatable bonds is 0. The summed E-state index contributed by atoms with van der Waals surface area (Å²) in [5, 5.41) is 0. The zero-order chi connectivity index (χ0) is 4.69. The monoisotopic (exact) mass is 114 g/mol. The van der Waals surface area contributed by atoms with E-state index in [2.05, 4.69) is 10.1 Å². The third-order valence-corrected chi connectivity index (χ3v) is 2.73. The maximum absolute atomic E-state index is 2.42. The van der Waals surface area contributed by atoms with Crippen LogP contribution in [0.1, 0.15) is 6.42 Å². The van der Waals surface area contributed by atoms with Gasteiger partial charge in [0.05, 0.1) is 0 Å². The minimum atomic E-state index is 0.935. The lowest BCUT2D eigenvalue weighted by Crippen LogP contribution is -2.04. The van der Waals surface area contributed by atoms with E-state index in [0.29, 0.717) is 0 Å². The van der Waals surface area contributed by atoms with E-state index in [-0.39, 0.29) is 0 Å². The Balaban J connectivity index is 2.12. The molecule has 1 radical (unpaired) electrons. The molecular weight excluding hydrogens is 106 g/mol. The fourth-order valence-electron chi connectivity index (χ4n) is 1.13. The summed E-state index contributed by atoms with van der Waals surface area (Å²) in [5.74, 6) is 3.29. The van der Waals surface area contributed by atoms with Crippen molar-refractivity contribution in [2.45, 2.75) is 6.42 Å². The van der Waals surface area contributed by atoms with Gasteiger partial charge in [-0.25, -0.2) is 0 Å². The molecule has 0 saturated carbocycles. The fraction of sp³-hybridized carbons (Fsp3) is 0.800. The molecule has 2 aliphatic rings. The van der Waals surface area contributed by atoms with Gasteiger partial charge in [0.25, 0.3) is 0 Å². The van der Waals surface area contributed by atoms with Crippen LogP contribution in [0.4, 0.5) is 0 Å². The smallest absolute Gasteiger partial charge is 0.0371 e. The molecule has 0 spiro atoms. The normalized spacial score (nSPS) is 48.0. The molecule has 2 aliphatic heterocycles. The molecule has 1 nitrogen and oxygen atoms in total. The van der Waals surface area contributed by atoms with Crippen LogP contribution in [0, 0.1) is 11.7 Å². The molecule has 2 heterocycles. The van der Waals surface area contributed by atoms with Crippen LogP contribution in [0.2, 0.25) is 0 Å². The van der Waals surface area contributed by atoms with E-state index in [9.17, 15) is 0 Å². The summed E-state index contributed by atoms with van der Waals surface area (Å²) in [4.78, 5) is 0. The molecule has 0 aromatic rings. The second-order valence-corrected chi connectivity index (χ2v) is 3.18. The summed E-state index contributed by atoms with van der Waals surface area (Å²) in [6.07, 6.45) is 1.41. The minimum absolute atomic E-state index is 0.935. The molecule has 2 unspecified atom stereocenters. The summed E-state index contributed by atoms with van der Waals surface area (Å²) in [5.41, 5.74) is 0. The van der Waals surface area contributed by atoms with E-state index in [1.165, 1.54) is 19.5 Å². The van der Waals surface area contributed by atoms with E-state index in [1.807, 2.05) is 11.9 Å². The first-order valence-electron chi connectivity index (χ1n) is 2.70. The van der Waals surface area contributed by atoms with Gasteiger partial charge in [-0.3, -0.25) is 4.31 Å². The molecule has 2 bridgehead atoms. The van der Waals surface area contributed by atoms with Crippen LogP contribution in [-0.2, 0) is 0 Å². The predicted molar refractivity (Wildman–Crippen MR) is 31.6 cm³/mol. The molecule has 0 aromatic carbocycles. The van der Waals surface area contributed by atoms with Crippen molar-refractivity contribution in [2.75, 3.05) is 13.1 Å². The van der Waals surface area contributed by atoms with E-state index in [0.717, 1.165) is 5.92 Å². The van der Waals surface area contributed by atoms with E-state index >= 15 is 0 Å². The van der Waals surface area contributed by atoms with Gasteiger partial charge in [-0.2, -0.15) is 0 Å².